The Bertz CT molecular complexity index is 1030. The van der Waals surface area contributed by atoms with Gasteiger partial charge in [-0.25, -0.2) is 13.6 Å². The first-order valence-corrected chi connectivity index (χ1v) is 9.04. The standard InChI is InChI=1S/C15H13BrN2O5S/c1-21-10-6-8(16)7-11-13(10)14(18-23-11)9-4-3-5-12(15(9)22-2)24(17,19)20/h3-7H,1-2H3,(H2,17,19,20). The van der Waals surface area contributed by atoms with E-state index < -0.39 is 10.0 Å². The highest BCUT2D eigenvalue weighted by molar-refractivity contribution is 9.10. The number of fused-ring (bicyclic) bond motifs is 1. The van der Waals surface area contributed by atoms with Gasteiger partial charge in [0, 0.05) is 10.0 Å². The topological polar surface area (TPSA) is 105 Å². The average molecular weight is 413 g/mol. The lowest BCUT2D eigenvalue weighted by Crippen LogP contribution is -2.13. The summed E-state index contributed by atoms with van der Waals surface area (Å²) in [4.78, 5) is -0.130. The molecule has 7 nitrogen and oxygen atoms in total. The minimum absolute atomic E-state index is 0.0974. The third-order valence-corrected chi connectivity index (χ3v) is 4.86. The van der Waals surface area contributed by atoms with Gasteiger partial charge in [-0.1, -0.05) is 27.2 Å². The van der Waals surface area contributed by atoms with Crippen molar-refractivity contribution in [3.63, 3.8) is 0 Å². The summed E-state index contributed by atoms with van der Waals surface area (Å²) in [6, 6.07) is 8.10. The molecule has 0 spiro atoms. The van der Waals surface area contributed by atoms with Crippen LogP contribution in [-0.2, 0) is 10.0 Å². The number of benzene rings is 2. The zero-order chi connectivity index (χ0) is 17.5. The highest BCUT2D eigenvalue weighted by Gasteiger charge is 2.24. The molecule has 126 valence electrons. The third-order valence-electron chi connectivity index (χ3n) is 3.47. The first-order valence-electron chi connectivity index (χ1n) is 6.70. The van der Waals surface area contributed by atoms with Crippen molar-refractivity contribution in [3.05, 3.63) is 34.8 Å². The second-order valence-electron chi connectivity index (χ2n) is 4.89. The molecule has 0 amide bonds. The maximum Gasteiger partial charge on any atom is 0.241 e. The van der Waals surface area contributed by atoms with E-state index >= 15 is 0 Å². The van der Waals surface area contributed by atoms with Gasteiger partial charge in [-0.05, 0) is 24.3 Å². The minimum Gasteiger partial charge on any atom is -0.496 e. The predicted molar refractivity (Wildman–Crippen MR) is 91.6 cm³/mol. The van der Waals surface area contributed by atoms with Crippen LogP contribution in [0.25, 0.3) is 22.2 Å². The summed E-state index contributed by atoms with van der Waals surface area (Å²) in [6.07, 6.45) is 0. The molecule has 0 unspecified atom stereocenters. The van der Waals surface area contributed by atoms with Crippen LogP contribution in [0.3, 0.4) is 0 Å². The van der Waals surface area contributed by atoms with Gasteiger partial charge in [0.2, 0.25) is 10.0 Å². The van der Waals surface area contributed by atoms with Gasteiger partial charge in [-0.15, -0.1) is 0 Å². The maximum atomic E-state index is 11.8. The fourth-order valence-corrected chi connectivity index (χ4v) is 3.62. The van der Waals surface area contributed by atoms with Crippen molar-refractivity contribution in [1.29, 1.82) is 0 Å². The molecule has 0 fully saturated rings. The second-order valence-corrected chi connectivity index (χ2v) is 7.34. The molecule has 2 aromatic carbocycles. The first-order chi connectivity index (χ1) is 11.4. The van der Waals surface area contributed by atoms with E-state index in [2.05, 4.69) is 21.1 Å². The SMILES string of the molecule is COc1c(-c2noc3cc(Br)cc(OC)c23)cccc1S(N)(=O)=O. The third kappa shape index (κ3) is 2.74. The van der Waals surface area contributed by atoms with Gasteiger partial charge < -0.3 is 14.0 Å². The lowest BCUT2D eigenvalue weighted by atomic mass is 10.1. The van der Waals surface area contributed by atoms with E-state index in [9.17, 15) is 8.42 Å². The van der Waals surface area contributed by atoms with E-state index in [-0.39, 0.29) is 10.6 Å². The fraction of sp³-hybridized carbons (Fsp3) is 0.133. The molecule has 9 heteroatoms. The van der Waals surface area contributed by atoms with Crippen LogP contribution in [0.15, 0.2) is 44.2 Å². The zero-order valence-corrected chi connectivity index (χ0v) is 15.1. The van der Waals surface area contributed by atoms with Crippen molar-refractivity contribution in [2.45, 2.75) is 4.90 Å². The molecule has 3 aromatic rings. The molecular formula is C15H13BrN2O5S. The van der Waals surface area contributed by atoms with Gasteiger partial charge in [0.1, 0.15) is 22.1 Å². The highest BCUT2D eigenvalue weighted by Crippen LogP contribution is 2.42. The Morgan fingerprint density at radius 3 is 2.58 bits per heavy atom. The van der Waals surface area contributed by atoms with Crippen LogP contribution in [0.2, 0.25) is 0 Å². The number of methoxy groups -OCH3 is 2. The summed E-state index contributed by atoms with van der Waals surface area (Å²) in [5.41, 5.74) is 1.32. The van der Waals surface area contributed by atoms with Crippen LogP contribution < -0.4 is 14.6 Å². The van der Waals surface area contributed by atoms with E-state index in [4.69, 9.17) is 19.1 Å². The van der Waals surface area contributed by atoms with Gasteiger partial charge in [-0.3, -0.25) is 0 Å². The minimum atomic E-state index is -3.96. The molecule has 3 rings (SSSR count). The van der Waals surface area contributed by atoms with Crippen LogP contribution in [0.5, 0.6) is 11.5 Å². The molecule has 0 radical (unpaired) electrons. The monoisotopic (exact) mass is 412 g/mol. The van der Waals surface area contributed by atoms with Crippen LogP contribution >= 0.6 is 15.9 Å². The largest absolute Gasteiger partial charge is 0.496 e. The van der Waals surface area contributed by atoms with Crippen molar-refractivity contribution < 1.29 is 22.4 Å². The normalized spacial score (nSPS) is 11.7. The number of aromatic nitrogens is 1. The fourth-order valence-electron chi connectivity index (χ4n) is 2.49. The van der Waals surface area contributed by atoms with E-state index in [0.29, 0.717) is 28.0 Å². The maximum absolute atomic E-state index is 11.8. The molecule has 24 heavy (non-hydrogen) atoms. The van der Waals surface area contributed by atoms with Crippen molar-refractivity contribution in [3.8, 4) is 22.8 Å². The molecule has 0 aliphatic heterocycles. The number of nitrogens with two attached hydrogens (primary N) is 1. The molecule has 2 N–H and O–H groups in total. The van der Waals surface area contributed by atoms with Crippen molar-refractivity contribution in [1.82, 2.24) is 5.16 Å². The number of sulfonamides is 1. The summed E-state index contributed by atoms with van der Waals surface area (Å²) in [5, 5.41) is 9.92. The summed E-state index contributed by atoms with van der Waals surface area (Å²) >= 11 is 3.37. The molecule has 0 aliphatic rings. The lowest BCUT2D eigenvalue weighted by molar-refractivity contribution is 0.403. The van der Waals surface area contributed by atoms with Gasteiger partial charge >= 0.3 is 0 Å². The molecule has 1 aromatic heterocycles. The lowest BCUT2D eigenvalue weighted by Gasteiger charge is -2.11. The van der Waals surface area contributed by atoms with Crippen LogP contribution in [0.4, 0.5) is 0 Å². The Hall–Kier alpha value is -2.10. The van der Waals surface area contributed by atoms with Gasteiger partial charge in [0.05, 0.1) is 19.6 Å². The van der Waals surface area contributed by atoms with Crippen molar-refractivity contribution in [2.24, 2.45) is 5.14 Å². The Morgan fingerprint density at radius 2 is 1.96 bits per heavy atom. The smallest absolute Gasteiger partial charge is 0.241 e. The molecule has 0 saturated carbocycles. The van der Waals surface area contributed by atoms with Gasteiger partial charge in [0.15, 0.2) is 5.58 Å². The first kappa shape index (κ1) is 16.7. The van der Waals surface area contributed by atoms with E-state index in [0.717, 1.165) is 4.47 Å². The molecule has 0 aliphatic carbocycles. The van der Waals surface area contributed by atoms with Gasteiger partial charge in [-0.2, -0.15) is 0 Å². The average Bonchev–Trinajstić information content (AvgIpc) is 2.95. The number of nitrogens with zero attached hydrogens (tertiary/aromatic N) is 1. The van der Waals surface area contributed by atoms with E-state index in [1.54, 1.807) is 24.3 Å². The Kier molecular flexibility index (Phi) is 4.24. The van der Waals surface area contributed by atoms with Gasteiger partial charge in [0.25, 0.3) is 0 Å². The molecular weight excluding hydrogens is 400 g/mol. The molecule has 0 saturated heterocycles. The Balaban J connectivity index is 2.37. The molecule has 0 bridgehead atoms. The molecule has 0 atom stereocenters. The summed E-state index contributed by atoms with van der Waals surface area (Å²) in [6.45, 7) is 0. The number of halogens is 1. The van der Waals surface area contributed by atoms with Crippen molar-refractivity contribution >= 4 is 36.9 Å². The number of ether oxygens (including phenoxy) is 2. The van der Waals surface area contributed by atoms with Crippen LogP contribution in [-0.4, -0.2) is 27.8 Å². The summed E-state index contributed by atoms with van der Waals surface area (Å²) < 4.78 is 40.4. The Labute approximate surface area is 146 Å². The number of para-hydroxylation sites is 1. The number of hydrogen-bond acceptors (Lipinski definition) is 6. The molecule has 1 heterocycles. The van der Waals surface area contributed by atoms with E-state index in [1.165, 1.54) is 20.3 Å². The zero-order valence-electron chi connectivity index (χ0n) is 12.7. The number of rotatable bonds is 4. The van der Waals surface area contributed by atoms with E-state index in [1.807, 2.05) is 0 Å². The second kappa shape index (κ2) is 6.08. The summed E-state index contributed by atoms with van der Waals surface area (Å²) in [5.74, 6) is 0.624. The highest BCUT2D eigenvalue weighted by atomic mass is 79.9. The number of hydrogen-bond donors (Lipinski definition) is 1. The van der Waals surface area contributed by atoms with Crippen LogP contribution in [0.1, 0.15) is 0 Å². The number of primary sulfonamides is 1. The predicted octanol–water partition coefficient (Wildman–Crippen LogP) is 2.92. The van der Waals surface area contributed by atoms with Crippen LogP contribution in [0, 0.1) is 0 Å². The Morgan fingerprint density at radius 1 is 1.21 bits per heavy atom. The summed E-state index contributed by atoms with van der Waals surface area (Å²) in [7, 11) is -1.07. The van der Waals surface area contributed by atoms with Crippen molar-refractivity contribution in [2.75, 3.05) is 14.2 Å². The quantitative estimate of drug-likeness (QED) is 0.705.